The Hall–Kier alpha value is -2.63. The number of benzene rings is 1. The molecule has 6 heteroatoms. The zero-order valence-corrected chi connectivity index (χ0v) is 14.8. The second-order valence-corrected chi connectivity index (χ2v) is 6.56. The number of ether oxygens (including phenoxy) is 1. The highest BCUT2D eigenvalue weighted by Gasteiger charge is 2.15. The molecular formula is C18H24N4O2. The van der Waals surface area contributed by atoms with E-state index in [1.54, 1.807) is 19.2 Å². The molecule has 0 fully saturated rings. The summed E-state index contributed by atoms with van der Waals surface area (Å²) in [6, 6.07) is 9.48. The first kappa shape index (κ1) is 17.7. The van der Waals surface area contributed by atoms with Gasteiger partial charge in [-0.25, -0.2) is 0 Å². The molecule has 0 bridgehead atoms. The Labute approximate surface area is 142 Å². The van der Waals surface area contributed by atoms with Gasteiger partial charge in [0.15, 0.2) is 5.69 Å². The van der Waals surface area contributed by atoms with E-state index in [4.69, 9.17) is 4.74 Å². The van der Waals surface area contributed by atoms with Gasteiger partial charge in [0, 0.05) is 19.2 Å². The molecule has 2 rings (SSSR count). The van der Waals surface area contributed by atoms with Crippen molar-refractivity contribution in [2.45, 2.75) is 39.8 Å². The van der Waals surface area contributed by atoms with Crippen LogP contribution in [0.5, 0.6) is 5.75 Å². The van der Waals surface area contributed by atoms with Crippen molar-refractivity contribution in [1.82, 2.24) is 15.5 Å². The van der Waals surface area contributed by atoms with Crippen LogP contribution >= 0.6 is 0 Å². The van der Waals surface area contributed by atoms with Crippen LogP contribution in [0.2, 0.25) is 0 Å². The standard InChI is InChI=1S/C18H24N4O2/c1-12-6-7-13(15(10-12)24-18(2,3)4)11-20-16-9-8-14(21-22-16)17(23)19-5/h6-10H,11H2,1-5H3,(H,19,23)(H,20,22). The first-order valence-corrected chi connectivity index (χ1v) is 7.87. The Morgan fingerprint density at radius 1 is 1.17 bits per heavy atom. The van der Waals surface area contributed by atoms with Crippen molar-refractivity contribution in [3.63, 3.8) is 0 Å². The van der Waals surface area contributed by atoms with Crippen LogP contribution < -0.4 is 15.4 Å². The van der Waals surface area contributed by atoms with Gasteiger partial charge in [0.25, 0.3) is 5.91 Å². The number of nitrogens with one attached hydrogen (secondary N) is 2. The van der Waals surface area contributed by atoms with Gasteiger partial charge in [-0.05, 0) is 51.5 Å². The average Bonchev–Trinajstić information content (AvgIpc) is 2.52. The fourth-order valence-electron chi connectivity index (χ4n) is 2.09. The van der Waals surface area contributed by atoms with Crippen LogP contribution in [0.15, 0.2) is 30.3 Å². The number of carbonyl (C=O) groups excluding carboxylic acids is 1. The average molecular weight is 328 g/mol. The highest BCUT2D eigenvalue weighted by atomic mass is 16.5. The van der Waals surface area contributed by atoms with E-state index in [1.165, 1.54) is 0 Å². The highest BCUT2D eigenvalue weighted by molar-refractivity contribution is 5.91. The maximum Gasteiger partial charge on any atom is 0.271 e. The molecule has 1 aromatic heterocycles. The third-order valence-electron chi connectivity index (χ3n) is 3.22. The second-order valence-electron chi connectivity index (χ2n) is 6.56. The van der Waals surface area contributed by atoms with E-state index >= 15 is 0 Å². The number of amides is 1. The molecule has 1 aromatic carbocycles. The smallest absolute Gasteiger partial charge is 0.271 e. The summed E-state index contributed by atoms with van der Waals surface area (Å²) < 4.78 is 6.04. The largest absolute Gasteiger partial charge is 0.488 e. The van der Waals surface area contributed by atoms with Gasteiger partial charge in [-0.15, -0.1) is 10.2 Å². The predicted molar refractivity (Wildman–Crippen MR) is 94.3 cm³/mol. The molecule has 24 heavy (non-hydrogen) atoms. The number of hydrogen-bond acceptors (Lipinski definition) is 5. The van der Waals surface area contributed by atoms with Crippen molar-refractivity contribution >= 4 is 11.7 Å². The van der Waals surface area contributed by atoms with Crippen LogP contribution in [-0.2, 0) is 6.54 Å². The van der Waals surface area contributed by atoms with E-state index in [-0.39, 0.29) is 17.2 Å². The van der Waals surface area contributed by atoms with Crippen molar-refractivity contribution in [2.24, 2.45) is 0 Å². The molecule has 6 nitrogen and oxygen atoms in total. The molecule has 1 amide bonds. The van der Waals surface area contributed by atoms with Gasteiger partial charge in [-0.2, -0.15) is 0 Å². The van der Waals surface area contributed by atoms with Crippen LogP contribution in [0.3, 0.4) is 0 Å². The molecule has 0 spiro atoms. The Morgan fingerprint density at radius 2 is 1.92 bits per heavy atom. The lowest BCUT2D eigenvalue weighted by Gasteiger charge is -2.24. The summed E-state index contributed by atoms with van der Waals surface area (Å²) in [6.07, 6.45) is 0. The fourth-order valence-corrected chi connectivity index (χ4v) is 2.09. The Kier molecular flexibility index (Phi) is 5.39. The summed E-state index contributed by atoms with van der Waals surface area (Å²) in [5.74, 6) is 1.20. The third kappa shape index (κ3) is 4.94. The number of rotatable bonds is 5. The molecule has 0 unspecified atom stereocenters. The van der Waals surface area contributed by atoms with E-state index in [1.807, 2.05) is 45.9 Å². The first-order valence-electron chi connectivity index (χ1n) is 7.87. The van der Waals surface area contributed by atoms with Crippen molar-refractivity contribution < 1.29 is 9.53 Å². The van der Waals surface area contributed by atoms with Crippen LogP contribution in [-0.4, -0.2) is 28.8 Å². The normalized spacial score (nSPS) is 11.0. The van der Waals surface area contributed by atoms with Crippen molar-refractivity contribution in [2.75, 3.05) is 12.4 Å². The molecule has 2 N–H and O–H groups in total. The number of hydrogen-bond donors (Lipinski definition) is 2. The maximum absolute atomic E-state index is 11.5. The Morgan fingerprint density at radius 3 is 2.50 bits per heavy atom. The second kappa shape index (κ2) is 7.29. The minimum absolute atomic E-state index is 0.256. The number of nitrogens with zero attached hydrogens (tertiary/aromatic N) is 2. The lowest BCUT2D eigenvalue weighted by Crippen LogP contribution is -2.24. The van der Waals surface area contributed by atoms with Crippen LogP contribution in [0.1, 0.15) is 42.4 Å². The SMILES string of the molecule is CNC(=O)c1ccc(NCc2ccc(C)cc2OC(C)(C)C)nn1. The van der Waals surface area contributed by atoms with Crippen molar-refractivity contribution in [1.29, 1.82) is 0 Å². The number of aromatic nitrogens is 2. The summed E-state index contributed by atoms with van der Waals surface area (Å²) >= 11 is 0. The molecule has 0 aliphatic rings. The minimum atomic E-state index is -0.266. The zero-order chi connectivity index (χ0) is 17.7. The molecule has 0 radical (unpaired) electrons. The minimum Gasteiger partial charge on any atom is -0.488 e. The summed E-state index contributed by atoms with van der Waals surface area (Å²) in [7, 11) is 1.56. The first-order chi connectivity index (χ1) is 11.3. The van der Waals surface area contributed by atoms with Gasteiger partial charge < -0.3 is 15.4 Å². The molecule has 0 aliphatic carbocycles. The monoisotopic (exact) mass is 328 g/mol. The quantitative estimate of drug-likeness (QED) is 0.882. The van der Waals surface area contributed by atoms with Crippen LogP contribution in [0.25, 0.3) is 0 Å². The molecule has 0 aliphatic heterocycles. The van der Waals surface area contributed by atoms with E-state index in [9.17, 15) is 4.79 Å². The van der Waals surface area contributed by atoms with Gasteiger partial charge in [0.2, 0.25) is 0 Å². The van der Waals surface area contributed by atoms with Gasteiger partial charge in [0.1, 0.15) is 17.2 Å². The maximum atomic E-state index is 11.5. The van der Waals surface area contributed by atoms with Gasteiger partial charge in [0.05, 0.1) is 0 Å². The molecular weight excluding hydrogens is 304 g/mol. The van der Waals surface area contributed by atoms with Crippen molar-refractivity contribution in [3.8, 4) is 5.75 Å². The predicted octanol–water partition coefficient (Wildman–Crippen LogP) is 2.93. The van der Waals surface area contributed by atoms with E-state index < -0.39 is 0 Å². The lowest BCUT2D eigenvalue weighted by atomic mass is 10.1. The molecule has 0 atom stereocenters. The van der Waals surface area contributed by atoms with Crippen LogP contribution in [0.4, 0.5) is 5.82 Å². The number of carbonyl (C=O) groups is 1. The lowest BCUT2D eigenvalue weighted by molar-refractivity contribution is 0.0957. The van der Waals surface area contributed by atoms with Crippen molar-refractivity contribution in [3.05, 3.63) is 47.2 Å². The van der Waals surface area contributed by atoms with Crippen LogP contribution in [0, 0.1) is 6.92 Å². The summed E-state index contributed by atoms with van der Waals surface area (Å²) in [6.45, 7) is 8.66. The van der Waals surface area contributed by atoms with Gasteiger partial charge in [-0.1, -0.05) is 12.1 Å². The zero-order valence-electron chi connectivity index (χ0n) is 14.8. The summed E-state index contributed by atoms with van der Waals surface area (Å²) in [5, 5.41) is 13.6. The number of anilines is 1. The topological polar surface area (TPSA) is 76.1 Å². The molecule has 128 valence electrons. The summed E-state index contributed by atoms with van der Waals surface area (Å²) in [4.78, 5) is 11.5. The summed E-state index contributed by atoms with van der Waals surface area (Å²) in [5.41, 5.74) is 2.20. The Bertz CT molecular complexity index is 706. The van der Waals surface area contributed by atoms with E-state index in [0.29, 0.717) is 12.4 Å². The molecule has 0 saturated heterocycles. The fraction of sp³-hybridized carbons (Fsp3) is 0.389. The van der Waals surface area contributed by atoms with E-state index in [0.717, 1.165) is 16.9 Å². The Balaban J connectivity index is 2.10. The molecule has 2 aromatic rings. The number of aryl methyl sites for hydroxylation is 1. The third-order valence-corrected chi connectivity index (χ3v) is 3.22. The van der Waals surface area contributed by atoms with Gasteiger partial charge in [-0.3, -0.25) is 4.79 Å². The molecule has 0 saturated carbocycles. The van der Waals surface area contributed by atoms with Gasteiger partial charge >= 0.3 is 0 Å². The van der Waals surface area contributed by atoms with E-state index in [2.05, 4.69) is 20.8 Å². The highest BCUT2D eigenvalue weighted by Crippen LogP contribution is 2.25. The molecule has 1 heterocycles.